The van der Waals surface area contributed by atoms with Crippen molar-refractivity contribution in [1.29, 1.82) is 0 Å². The van der Waals surface area contributed by atoms with Gasteiger partial charge < -0.3 is 9.47 Å². The number of piperidine rings is 1. The Labute approximate surface area is 137 Å². The monoisotopic (exact) mass is 341 g/mol. The highest BCUT2D eigenvalue weighted by molar-refractivity contribution is 6.34. The van der Waals surface area contributed by atoms with Crippen LogP contribution in [0, 0.1) is 5.82 Å². The van der Waals surface area contributed by atoms with Gasteiger partial charge in [-0.1, -0.05) is 23.2 Å². The smallest absolute Gasteiger partial charge is 0.257 e. The summed E-state index contributed by atoms with van der Waals surface area (Å²) in [6.07, 6.45) is 5.75. The first kappa shape index (κ1) is 15.3. The summed E-state index contributed by atoms with van der Waals surface area (Å²) in [7, 11) is 0. The lowest BCUT2D eigenvalue weighted by molar-refractivity contribution is 0.0694. The van der Waals surface area contributed by atoms with Gasteiger partial charge >= 0.3 is 0 Å². The quantitative estimate of drug-likeness (QED) is 0.779. The second-order valence-electron chi connectivity index (χ2n) is 5.25. The third-order valence-electron chi connectivity index (χ3n) is 3.92. The number of hydrogen-bond donors (Lipinski definition) is 0. The fourth-order valence-corrected chi connectivity index (χ4v) is 3.13. The predicted molar refractivity (Wildman–Crippen MR) is 82.8 cm³/mol. The van der Waals surface area contributed by atoms with Crippen LogP contribution in [0.25, 0.3) is 0 Å². The van der Waals surface area contributed by atoms with Crippen LogP contribution >= 0.6 is 23.2 Å². The van der Waals surface area contributed by atoms with E-state index in [0.29, 0.717) is 19.1 Å². The Bertz CT molecular complexity index is 682. The van der Waals surface area contributed by atoms with E-state index >= 15 is 0 Å². The Hall–Kier alpha value is -1.59. The van der Waals surface area contributed by atoms with Crippen molar-refractivity contribution in [1.82, 2.24) is 14.5 Å². The average molecular weight is 342 g/mol. The zero-order chi connectivity index (χ0) is 15.7. The molecule has 1 fully saturated rings. The van der Waals surface area contributed by atoms with Crippen LogP contribution in [0.3, 0.4) is 0 Å². The molecule has 7 heteroatoms. The summed E-state index contributed by atoms with van der Waals surface area (Å²) in [5.74, 6) is -1.05. The minimum atomic E-state index is -0.739. The van der Waals surface area contributed by atoms with E-state index in [1.54, 1.807) is 4.90 Å². The molecule has 0 unspecified atom stereocenters. The molecule has 0 N–H and O–H groups in total. The van der Waals surface area contributed by atoms with E-state index in [2.05, 4.69) is 9.55 Å². The molecule has 0 radical (unpaired) electrons. The number of rotatable bonds is 2. The topological polar surface area (TPSA) is 38.1 Å². The number of nitrogens with zero attached hydrogens (tertiary/aromatic N) is 3. The molecule has 2 aromatic heterocycles. The Morgan fingerprint density at radius 2 is 1.82 bits per heavy atom. The van der Waals surface area contributed by atoms with Crippen molar-refractivity contribution in [3.05, 3.63) is 52.3 Å². The lowest BCUT2D eigenvalue weighted by Gasteiger charge is -2.33. The van der Waals surface area contributed by atoms with Crippen molar-refractivity contribution >= 4 is 29.1 Å². The van der Waals surface area contributed by atoms with Crippen molar-refractivity contribution in [2.24, 2.45) is 0 Å². The van der Waals surface area contributed by atoms with Gasteiger partial charge in [-0.25, -0.2) is 9.37 Å². The average Bonchev–Trinajstić information content (AvgIpc) is 3.05. The van der Waals surface area contributed by atoms with Crippen molar-refractivity contribution in [3.8, 4) is 0 Å². The Balaban J connectivity index is 1.71. The number of carbonyl (C=O) groups is 1. The van der Waals surface area contributed by atoms with Gasteiger partial charge in [-0.3, -0.25) is 4.79 Å². The van der Waals surface area contributed by atoms with Crippen molar-refractivity contribution in [2.75, 3.05) is 13.1 Å². The molecule has 1 aliphatic heterocycles. The summed E-state index contributed by atoms with van der Waals surface area (Å²) in [5, 5.41) is -0.392. The van der Waals surface area contributed by atoms with Crippen LogP contribution in [0.15, 0.2) is 30.6 Å². The van der Waals surface area contributed by atoms with Gasteiger partial charge in [0, 0.05) is 31.5 Å². The van der Waals surface area contributed by atoms with Gasteiger partial charge in [-0.15, -0.1) is 0 Å². The molecule has 1 aliphatic rings. The summed E-state index contributed by atoms with van der Waals surface area (Å²) in [4.78, 5) is 17.8. The number of carbonyl (C=O) groups excluding carboxylic acids is 1. The summed E-state index contributed by atoms with van der Waals surface area (Å²) in [6.45, 7) is 1.20. The van der Waals surface area contributed by atoms with E-state index in [4.69, 9.17) is 23.2 Å². The highest BCUT2D eigenvalue weighted by Crippen LogP contribution is 2.26. The number of aromatic nitrogens is 2. The maximum atomic E-state index is 13.5. The molecule has 0 aliphatic carbocycles. The number of likely N-dealkylation sites (tertiary alicyclic amines) is 1. The maximum absolute atomic E-state index is 13.5. The molecule has 0 atom stereocenters. The SMILES string of the molecule is O=C(c1cc(F)c(Cl)nc1Cl)N1CCC(n2cccc2)CC1. The fourth-order valence-electron chi connectivity index (χ4n) is 2.72. The lowest BCUT2D eigenvalue weighted by Crippen LogP contribution is -2.39. The third kappa shape index (κ3) is 2.96. The molecule has 2 aromatic rings. The summed E-state index contributed by atoms with van der Waals surface area (Å²) >= 11 is 11.5. The van der Waals surface area contributed by atoms with Gasteiger partial charge in [0.2, 0.25) is 0 Å². The highest BCUT2D eigenvalue weighted by atomic mass is 35.5. The standard InChI is InChI=1S/C15H14Cl2FN3O/c16-13-11(9-12(18)14(17)19-13)15(22)21-7-3-10(4-8-21)20-5-1-2-6-20/h1-2,5-6,9-10H,3-4,7-8H2. The summed E-state index contributed by atoms with van der Waals surface area (Å²) < 4.78 is 15.7. The van der Waals surface area contributed by atoms with Gasteiger partial charge in [0.25, 0.3) is 5.91 Å². The van der Waals surface area contributed by atoms with Crippen LogP contribution in [0.2, 0.25) is 10.3 Å². The van der Waals surface area contributed by atoms with Crippen LogP contribution in [0.1, 0.15) is 29.2 Å². The predicted octanol–water partition coefficient (Wildman–Crippen LogP) is 3.81. The lowest BCUT2D eigenvalue weighted by atomic mass is 10.0. The van der Waals surface area contributed by atoms with Gasteiger partial charge in [0.05, 0.1) is 5.56 Å². The van der Waals surface area contributed by atoms with Crippen LogP contribution in [-0.4, -0.2) is 33.4 Å². The number of hydrogen-bond acceptors (Lipinski definition) is 2. The zero-order valence-corrected chi connectivity index (χ0v) is 13.2. The van der Waals surface area contributed by atoms with Crippen molar-refractivity contribution < 1.29 is 9.18 Å². The van der Waals surface area contributed by atoms with E-state index < -0.39 is 5.82 Å². The Morgan fingerprint density at radius 1 is 1.18 bits per heavy atom. The van der Waals surface area contributed by atoms with Gasteiger partial charge in [-0.05, 0) is 31.0 Å². The molecular weight excluding hydrogens is 328 g/mol. The van der Waals surface area contributed by atoms with E-state index in [0.717, 1.165) is 18.9 Å². The third-order valence-corrected chi connectivity index (χ3v) is 4.47. The first-order valence-corrected chi connectivity index (χ1v) is 7.75. The van der Waals surface area contributed by atoms with Crippen LogP contribution < -0.4 is 0 Å². The van der Waals surface area contributed by atoms with Gasteiger partial charge in [0.1, 0.15) is 5.15 Å². The molecule has 3 heterocycles. The molecule has 4 nitrogen and oxygen atoms in total. The number of amides is 1. The Morgan fingerprint density at radius 3 is 2.45 bits per heavy atom. The largest absolute Gasteiger partial charge is 0.351 e. The van der Waals surface area contributed by atoms with Crippen LogP contribution in [-0.2, 0) is 0 Å². The summed E-state index contributed by atoms with van der Waals surface area (Å²) in [5.41, 5.74) is 0.0583. The fraction of sp³-hybridized carbons (Fsp3) is 0.333. The molecule has 0 aromatic carbocycles. The van der Waals surface area contributed by atoms with Gasteiger partial charge in [-0.2, -0.15) is 0 Å². The zero-order valence-electron chi connectivity index (χ0n) is 11.7. The van der Waals surface area contributed by atoms with E-state index in [1.807, 2.05) is 24.5 Å². The second kappa shape index (κ2) is 6.26. The summed E-state index contributed by atoms with van der Waals surface area (Å²) in [6, 6.07) is 5.41. The molecular formula is C15H14Cl2FN3O. The molecule has 22 heavy (non-hydrogen) atoms. The molecule has 3 rings (SSSR count). The second-order valence-corrected chi connectivity index (χ2v) is 5.97. The van der Waals surface area contributed by atoms with E-state index in [1.165, 1.54) is 0 Å². The molecule has 1 saturated heterocycles. The van der Waals surface area contributed by atoms with Crippen molar-refractivity contribution in [2.45, 2.75) is 18.9 Å². The van der Waals surface area contributed by atoms with Crippen molar-refractivity contribution in [3.63, 3.8) is 0 Å². The molecule has 116 valence electrons. The van der Waals surface area contributed by atoms with Crippen LogP contribution in [0.4, 0.5) is 4.39 Å². The van der Waals surface area contributed by atoms with E-state index in [9.17, 15) is 9.18 Å². The molecule has 0 bridgehead atoms. The van der Waals surface area contributed by atoms with E-state index in [-0.39, 0.29) is 21.8 Å². The molecule has 0 saturated carbocycles. The van der Waals surface area contributed by atoms with Gasteiger partial charge in [0.15, 0.2) is 11.0 Å². The highest BCUT2D eigenvalue weighted by Gasteiger charge is 2.26. The molecule has 0 spiro atoms. The minimum Gasteiger partial charge on any atom is -0.351 e. The first-order chi connectivity index (χ1) is 10.6. The molecule has 1 amide bonds. The minimum absolute atomic E-state index is 0.0583. The first-order valence-electron chi connectivity index (χ1n) is 6.99. The number of halogens is 3. The van der Waals surface area contributed by atoms with Crippen LogP contribution in [0.5, 0.6) is 0 Å². The number of pyridine rings is 1. The Kier molecular flexibility index (Phi) is 4.36. The normalized spacial score (nSPS) is 16.0. The maximum Gasteiger partial charge on any atom is 0.257 e.